The highest BCUT2D eigenvalue weighted by Gasteiger charge is 2.43. The molecular weight excluding hydrogens is 402 g/mol. The smallest absolute Gasteiger partial charge is 0.239 e. The molecule has 2 aliphatic heterocycles. The summed E-state index contributed by atoms with van der Waals surface area (Å²) in [6.45, 7) is 1.86. The first-order valence-electron chi connectivity index (χ1n) is 11.1. The zero-order chi connectivity index (χ0) is 22.0. The third-order valence-corrected chi connectivity index (χ3v) is 6.48. The Kier molecular flexibility index (Phi) is 5.68. The van der Waals surface area contributed by atoms with Crippen LogP contribution in [-0.2, 0) is 28.0 Å². The summed E-state index contributed by atoms with van der Waals surface area (Å²) in [5, 5.41) is 0. The predicted octanol–water partition coefficient (Wildman–Crippen LogP) is 2.50. The molecule has 32 heavy (non-hydrogen) atoms. The molecule has 7 nitrogen and oxygen atoms in total. The second kappa shape index (κ2) is 8.76. The molecule has 1 saturated heterocycles. The third kappa shape index (κ3) is 4.01. The van der Waals surface area contributed by atoms with Crippen LogP contribution in [0.2, 0.25) is 0 Å². The van der Waals surface area contributed by atoms with E-state index in [0.717, 1.165) is 28.8 Å². The normalized spacial score (nSPS) is 18.2. The number of carbonyl (C=O) groups is 1. The zero-order valence-electron chi connectivity index (χ0n) is 18.0. The van der Waals surface area contributed by atoms with E-state index >= 15 is 0 Å². The van der Waals surface area contributed by atoms with E-state index in [0.29, 0.717) is 44.8 Å². The van der Waals surface area contributed by atoms with Gasteiger partial charge in [-0.2, -0.15) is 0 Å². The van der Waals surface area contributed by atoms with Crippen LogP contribution in [0.4, 0.5) is 0 Å². The fourth-order valence-corrected chi connectivity index (χ4v) is 4.70. The highest BCUT2D eigenvalue weighted by molar-refractivity contribution is 5.82. The molecule has 2 aromatic heterocycles. The number of fused-ring (bicyclic) bond motifs is 2. The molecular formula is C25H27N5O2. The summed E-state index contributed by atoms with van der Waals surface area (Å²) in [5.74, 6) is 0.701. The Morgan fingerprint density at radius 1 is 1.12 bits per heavy atom. The summed E-state index contributed by atoms with van der Waals surface area (Å²) in [5.41, 5.74) is 9.91. The van der Waals surface area contributed by atoms with Gasteiger partial charge < -0.3 is 15.4 Å². The summed E-state index contributed by atoms with van der Waals surface area (Å²) in [4.78, 5) is 28.4. The SMILES string of the molecule is N[C@@H](Cc1ccncc1)C(=O)N1CCC2(CC1)OCCc1cnc(-c3ccccc3)nc12. The lowest BCUT2D eigenvalue weighted by Gasteiger charge is -2.44. The van der Waals surface area contributed by atoms with Crippen molar-refractivity contribution in [3.63, 3.8) is 0 Å². The van der Waals surface area contributed by atoms with Gasteiger partial charge in [0, 0.05) is 37.2 Å². The first kappa shape index (κ1) is 20.7. The molecule has 164 valence electrons. The van der Waals surface area contributed by atoms with E-state index < -0.39 is 11.6 Å². The first-order chi connectivity index (χ1) is 15.6. The monoisotopic (exact) mass is 429 g/mol. The Hall–Kier alpha value is -3.16. The molecule has 0 aliphatic carbocycles. The van der Waals surface area contributed by atoms with Gasteiger partial charge in [-0.25, -0.2) is 9.97 Å². The molecule has 1 atom stereocenters. The maximum atomic E-state index is 13.0. The van der Waals surface area contributed by atoms with Crippen LogP contribution in [0.1, 0.15) is 29.7 Å². The minimum Gasteiger partial charge on any atom is -0.368 e. The van der Waals surface area contributed by atoms with Gasteiger partial charge in [-0.15, -0.1) is 0 Å². The molecule has 3 aromatic rings. The Labute approximate surface area is 187 Å². The van der Waals surface area contributed by atoms with E-state index in [-0.39, 0.29) is 5.91 Å². The lowest BCUT2D eigenvalue weighted by Crippen LogP contribution is -2.53. The number of piperidine rings is 1. The van der Waals surface area contributed by atoms with Gasteiger partial charge >= 0.3 is 0 Å². The number of likely N-dealkylation sites (tertiary alicyclic amines) is 1. The average molecular weight is 430 g/mol. The number of hydrogen-bond donors (Lipinski definition) is 1. The minimum absolute atomic E-state index is 0.0136. The number of amides is 1. The molecule has 0 bridgehead atoms. The van der Waals surface area contributed by atoms with Gasteiger partial charge in [0.1, 0.15) is 5.60 Å². The standard InChI is InChI=1S/C25H27N5O2/c26-21(16-18-6-11-27-12-7-18)24(31)30-13-9-25(10-14-30)22-20(8-15-32-25)17-28-23(29-22)19-4-2-1-3-5-19/h1-7,11-12,17,21H,8-10,13-16,26H2/t21-/m0/s1. The van der Waals surface area contributed by atoms with Crippen molar-refractivity contribution in [1.82, 2.24) is 19.9 Å². The average Bonchev–Trinajstić information content (AvgIpc) is 2.85. The van der Waals surface area contributed by atoms with E-state index in [1.54, 1.807) is 12.4 Å². The number of nitrogens with zero attached hydrogens (tertiary/aromatic N) is 4. The lowest BCUT2D eigenvalue weighted by molar-refractivity contribution is -0.142. The second-order valence-corrected chi connectivity index (χ2v) is 8.52. The van der Waals surface area contributed by atoms with Crippen molar-refractivity contribution in [2.45, 2.75) is 37.3 Å². The van der Waals surface area contributed by atoms with Gasteiger partial charge in [-0.05, 0) is 48.9 Å². The highest BCUT2D eigenvalue weighted by Crippen LogP contribution is 2.41. The number of nitrogens with two attached hydrogens (primary N) is 1. The summed E-state index contributed by atoms with van der Waals surface area (Å²) < 4.78 is 6.34. The molecule has 2 aliphatic rings. The van der Waals surface area contributed by atoms with Gasteiger partial charge in [-0.3, -0.25) is 9.78 Å². The van der Waals surface area contributed by atoms with Crippen molar-refractivity contribution in [2.24, 2.45) is 5.73 Å². The van der Waals surface area contributed by atoms with Gasteiger partial charge in [0.25, 0.3) is 0 Å². The number of rotatable bonds is 4. The maximum Gasteiger partial charge on any atom is 0.239 e. The van der Waals surface area contributed by atoms with Crippen LogP contribution >= 0.6 is 0 Å². The topological polar surface area (TPSA) is 94.2 Å². The van der Waals surface area contributed by atoms with E-state index in [1.165, 1.54) is 0 Å². The van der Waals surface area contributed by atoms with Gasteiger partial charge in [-0.1, -0.05) is 30.3 Å². The van der Waals surface area contributed by atoms with Gasteiger partial charge in [0.05, 0.1) is 18.3 Å². The molecule has 0 radical (unpaired) electrons. The van der Waals surface area contributed by atoms with Crippen LogP contribution in [0.25, 0.3) is 11.4 Å². The first-order valence-corrected chi connectivity index (χ1v) is 11.1. The van der Waals surface area contributed by atoms with E-state index in [1.807, 2.05) is 53.6 Å². The molecule has 0 unspecified atom stereocenters. The number of ether oxygens (including phenoxy) is 1. The van der Waals surface area contributed by atoms with Crippen molar-refractivity contribution in [2.75, 3.05) is 19.7 Å². The number of carbonyl (C=O) groups excluding carboxylic acids is 1. The van der Waals surface area contributed by atoms with Crippen LogP contribution in [0, 0.1) is 0 Å². The lowest BCUT2D eigenvalue weighted by atomic mass is 9.83. The van der Waals surface area contributed by atoms with E-state index in [2.05, 4.69) is 9.97 Å². The Balaban J connectivity index is 1.32. The summed E-state index contributed by atoms with van der Waals surface area (Å²) in [7, 11) is 0. The third-order valence-electron chi connectivity index (χ3n) is 6.48. The largest absolute Gasteiger partial charge is 0.368 e. The van der Waals surface area contributed by atoms with Crippen LogP contribution in [0.15, 0.2) is 61.1 Å². The molecule has 1 amide bonds. The fraction of sp³-hybridized carbons (Fsp3) is 0.360. The van der Waals surface area contributed by atoms with Crippen molar-refractivity contribution in [3.8, 4) is 11.4 Å². The molecule has 1 spiro atoms. The number of pyridine rings is 1. The quantitative estimate of drug-likeness (QED) is 0.685. The van der Waals surface area contributed by atoms with Crippen molar-refractivity contribution < 1.29 is 9.53 Å². The maximum absolute atomic E-state index is 13.0. The molecule has 0 saturated carbocycles. The van der Waals surface area contributed by atoms with Crippen LogP contribution in [0.5, 0.6) is 0 Å². The van der Waals surface area contributed by atoms with Crippen molar-refractivity contribution in [1.29, 1.82) is 0 Å². The Morgan fingerprint density at radius 2 is 1.88 bits per heavy atom. The fourth-order valence-electron chi connectivity index (χ4n) is 4.70. The van der Waals surface area contributed by atoms with Gasteiger partial charge in [0.15, 0.2) is 5.82 Å². The minimum atomic E-state index is -0.557. The van der Waals surface area contributed by atoms with Crippen molar-refractivity contribution >= 4 is 5.91 Å². The van der Waals surface area contributed by atoms with E-state index in [4.69, 9.17) is 15.5 Å². The summed E-state index contributed by atoms with van der Waals surface area (Å²) in [6, 6.07) is 13.2. The van der Waals surface area contributed by atoms with Crippen LogP contribution < -0.4 is 5.73 Å². The van der Waals surface area contributed by atoms with E-state index in [9.17, 15) is 4.79 Å². The summed E-state index contributed by atoms with van der Waals surface area (Å²) in [6.07, 6.45) is 8.12. The van der Waals surface area contributed by atoms with Crippen LogP contribution in [0.3, 0.4) is 0 Å². The molecule has 5 rings (SSSR count). The predicted molar refractivity (Wildman–Crippen MR) is 121 cm³/mol. The van der Waals surface area contributed by atoms with Crippen molar-refractivity contribution in [3.05, 3.63) is 77.9 Å². The summed E-state index contributed by atoms with van der Waals surface area (Å²) >= 11 is 0. The van der Waals surface area contributed by atoms with Gasteiger partial charge in [0.2, 0.25) is 5.91 Å². The molecule has 7 heteroatoms. The number of hydrogen-bond acceptors (Lipinski definition) is 6. The molecule has 1 fully saturated rings. The Bertz CT molecular complexity index is 1080. The highest BCUT2D eigenvalue weighted by atomic mass is 16.5. The molecule has 1 aromatic carbocycles. The second-order valence-electron chi connectivity index (χ2n) is 8.52. The molecule has 4 heterocycles. The zero-order valence-corrected chi connectivity index (χ0v) is 18.0. The number of benzene rings is 1. The van der Waals surface area contributed by atoms with Crippen LogP contribution in [-0.4, -0.2) is 51.5 Å². The number of aromatic nitrogens is 3. The Morgan fingerprint density at radius 3 is 2.62 bits per heavy atom. The molecule has 2 N–H and O–H groups in total.